The molecular formula is C45H63IN2O2. The molecule has 4 aromatic carbocycles. The summed E-state index contributed by atoms with van der Waals surface area (Å²) in [4.78, 5) is 30.3. The highest BCUT2D eigenvalue weighted by Crippen LogP contribution is 2.14. The van der Waals surface area contributed by atoms with Crippen LogP contribution < -0.4 is 0 Å². The van der Waals surface area contributed by atoms with Gasteiger partial charge in [0, 0.05) is 45.2 Å². The number of aliphatic imine (C=N–C) groups is 2. The number of carbonyl (C=O) groups is 2. The van der Waals surface area contributed by atoms with Crippen molar-refractivity contribution in [1.82, 2.24) is 0 Å². The van der Waals surface area contributed by atoms with E-state index in [1.807, 2.05) is 86.6 Å². The first-order valence-electron chi connectivity index (χ1n) is 16.7. The van der Waals surface area contributed by atoms with Crippen LogP contribution in [0.4, 0.5) is 0 Å². The Bertz CT molecular complexity index is 1380. The molecule has 0 N–H and O–H groups in total. The number of rotatable bonds is 10. The summed E-state index contributed by atoms with van der Waals surface area (Å²) in [5.74, 6) is 0.239. The molecule has 0 amide bonds. The van der Waals surface area contributed by atoms with Crippen molar-refractivity contribution >= 4 is 45.6 Å². The fourth-order valence-corrected chi connectivity index (χ4v) is 3.90. The molecule has 0 aromatic heterocycles. The number of alkyl halides is 1. The van der Waals surface area contributed by atoms with Crippen LogP contribution in [-0.4, -0.2) is 39.5 Å². The highest BCUT2D eigenvalue weighted by molar-refractivity contribution is 14.1. The standard InChI is InChI=1S/C19H21NO.C15H15N.C4H6O.C3H7I.C2H6.2CH4/c1-15(13-14-16(2)21)20-19(17-9-5-3-6-10-17)18-11-7-4-8-12-18;1-2-16-15(13-9-5-3-6-10-13)14-11-7-4-8-12-14;1-3-4(2)5;1-3(2)4;1-2;;/h3-12,15H,13-14H2,1-2H3;3-12H,2H2,1H3;3H,1H2,2H3;3H,1-2H3;1-2H3;2*1H4. The van der Waals surface area contributed by atoms with E-state index in [2.05, 4.69) is 110 Å². The molecule has 4 aromatic rings. The molecule has 0 aliphatic rings. The average Bonchev–Trinajstić information content (AvgIpc) is 3.11. The first-order chi connectivity index (χ1) is 23.1. The topological polar surface area (TPSA) is 58.9 Å². The Labute approximate surface area is 319 Å². The predicted molar refractivity (Wildman–Crippen MR) is 232 cm³/mol. The number of nitrogens with zero attached hydrogens (tertiary/aromatic N) is 2. The van der Waals surface area contributed by atoms with E-state index in [4.69, 9.17) is 4.99 Å². The number of halogens is 1. The Kier molecular flexibility index (Phi) is 32.5. The first-order valence-corrected chi connectivity index (χ1v) is 17.9. The lowest BCUT2D eigenvalue weighted by molar-refractivity contribution is -0.117. The van der Waals surface area contributed by atoms with Gasteiger partial charge in [0.25, 0.3) is 0 Å². The highest BCUT2D eigenvalue weighted by Gasteiger charge is 2.09. The SMILES string of the molecule is C.C.C=CC(C)=O.CC.CC(=O)CCC(C)N=C(c1ccccc1)c1ccccc1.CC(C)I.CCN=C(c1ccccc1)c1ccccc1. The van der Waals surface area contributed by atoms with Gasteiger partial charge in [-0.1, -0.05) is 193 Å². The van der Waals surface area contributed by atoms with Gasteiger partial charge in [0.05, 0.1) is 11.4 Å². The second-order valence-electron chi connectivity index (χ2n) is 10.7. The largest absolute Gasteiger partial charge is 0.300 e. The maximum absolute atomic E-state index is 11.1. The van der Waals surface area contributed by atoms with Crippen LogP contribution in [0, 0.1) is 0 Å². The summed E-state index contributed by atoms with van der Waals surface area (Å²) >= 11 is 2.34. The van der Waals surface area contributed by atoms with Crippen LogP contribution in [0.2, 0.25) is 0 Å². The zero-order valence-corrected chi connectivity index (χ0v) is 32.4. The van der Waals surface area contributed by atoms with Crippen molar-refractivity contribution in [2.45, 2.75) is 93.1 Å². The Morgan fingerprint density at radius 2 is 0.940 bits per heavy atom. The quantitative estimate of drug-likeness (QED) is 0.0695. The number of benzene rings is 4. The number of Topliss-reactive ketones (excluding diaryl/α,β-unsaturated/α-hetero) is 1. The molecule has 4 nitrogen and oxygen atoms in total. The van der Waals surface area contributed by atoms with Crippen LogP contribution in [0.15, 0.2) is 144 Å². The highest BCUT2D eigenvalue weighted by atomic mass is 127. The van der Waals surface area contributed by atoms with Crippen molar-refractivity contribution in [3.8, 4) is 0 Å². The van der Waals surface area contributed by atoms with Crippen LogP contribution in [0.3, 0.4) is 0 Å². The number of allylic oxidation sites excluding steroid dienone is 1. The molecule has 1 atom stereocenters. The van der Waals surface area contributed by atoms with Crippen molar-refractivity contribution in [2.75, 3.05) is 6.54 Å². The summed E-state index contributed by atoms with van der Waals surface area (Å²) in [6, 6.07) is 41.1. The molecule has 4 rings (SSSR count). The lowest BCUT2D eigenvalue weighted by Crippen LogP contribution is -2.10. The Hall–Kier alpha value is -3.97. The van der Waals surface area contributed by atoms with E-state index in [0.717, 1.165) is 39.4 Å². The molecule has 0 bridgehead atoms. The van der Waals surface area contributed by atoms with Gasteiger partial charge in [-0.2, -0.15) is 0 Å². The normalized spacial score (nSPS) is 9.56. The third-order valence-electron chi connectivity index (χ3n) is 6.06. The van der Waals surface area contributed by atoms with Gasteiger partial charge in [0.15, 0.2) is 5.78 Å². The van der Waals surface area contributed by atoms with Crippen LogP contribution in [0.5, 0.6) is 0 Å². The van der Waals surface area contributed by atoms with Gasteiger partial charge < -0.3 is 4.79 Å². The molecule has 272 valence electrons. The van der Waals surface area contributed by atoms with E-state index < -0.39 is 0 Å². The van der Waals surface area contributed by atoms with Gasteiger partial charge >= 0.3 is 0 Å². The van der Waals surface area contributed by atoms with Gasteiger partial charge in [0.1, 0.15) is 5.78 Å². The minimum atomic E-state index is 0. The molecule has 0 spiro atoms. The molecule has 50 heavy (non-hydrogen) atoms. The van der Waals surface area contributed by atoms with Crippen LogP contribution in [0.25, 0.3) is 0 Å². The van der Waals surface area contributed by atoms with Gasteiger partial charge in [-0.25, -0.2) is 0 Å². The Balaban J connectivity index is -0.000000674. The van der Waals surface area contributed by atoms with Crippen molar-refractivity contribution < 1.29 is 9.59 Å². The summed E-state index contributed by atoms with van der Waals surface area (Å²) in [7, 11) is 0. The van der Waals surface area contributed by atoms with E-state index in [-0.39, 0.29) is 32.5 Å². The predicted octanol–water partition coefficient (Wildman–Crippen LogP) is 12.7. The number of carbonyl (C=O) groups excluding carboxylic acids is 2. The third kappa shape index (κ3) is 24.2. The lowest BCUT2D eigenvalue weighted by Gasteiger charge is -2.11. The maximum atomic E-state index is 11.1. The zero-order chi connectivity index (χ0) is 36.2. The van der Waals surface area contributed by atoms with Gasteiger partial charge in [0.2, 0.25) is 0 Å². The van der Waals surface area contributed by atoms with Crippen LogP contribution in [0.1, 0.15) is 105 Å². The third-order valence-corrected chi connectivity index (χ3v) is 6.06. The Morgan fingerprint density at radius 1 is 0.660 bits per heavy atom. The smallest absolute Gasteiger partial charge is 0.152 e. The minimum absolute atomic E-state index is 0. The molecule has 1 unspecified atom stereocenters. The van der Waals surface area contributed by atoms with E-state index in [9.17, 15) is 9.59 Å². The van der Waals surface area contributed by atoms with E-state index in [0.29, 0.717) is 6.42 Å². The van der Waals surface area contributed by atoms with E-state index in [1.54, 1.807) is 6.92 Å². The van der Waals surface area contributed by atoms with Gasteiger partial charge in [-0.05, 0) is 40.2 Å². The Morgan fingerprint density at radius 3 is 1.18 bits per heavy atom. The van der Waals surface area contributed by atoms with Gasteiger partial charge in [-0.3, -0.25) is 14.8 Å². The molecule has 0 saturated carbocycles. The molecule has 0 saturated heterocycles. The van der Waals surface area contributed by atoms with Crippen molar-refractivity contribution in [3.05, 3.63) is 156 Å². The first kappa shape index (κ1) is 50.4. The summed E-state index contributed by atoms with van der Waals surface area (Å²) < 4.78 is 0.803. The van der Waals surface area contributed by atoms with Crippen LogP contribution >= 0.6 is 22.6 Å². The minimum Gasteiger partial charge on any atom is -0.300 e. The lowest BCUT2D eigenvalue weighted by atomic mass is 10.0. The molecule has 0 aliphatic heterocycles. The molecule has 0 radical (unpaired) electrons. The van der Waals surface area contributed by atoms with Crippen molar-refractivity contribution in [1.29, 1.82) is 0 Å². The second kappa shape index (κ2) is 32.2. The molecule has 0 heterocycles. The zero-order valence-electron chi connectivity index (χ0n) is 30.2. The molecular weight excluding hydrogens is 727 g/mol. The van der Waals surface area contributed by atoms with Crippen LogP contribution in [-0.2, 0) is 9.59 Å². The average molecular weight is 791 g/mol. The van der Waals surface area contributed by atoms with E-state index >= 15 is 0 Å². The number of hydrogen-bond donors (Lipinski definition) is 0. The summed E-state index contributed by atoms with van der Waals surface area (Å²) in [6.45, 7) is 19.5. The molecule has 0 fully saturated rings. The van der Waals surface area contributed by atoms with E-state index in [1.165, 1.54) is 24.1 Å². The summed E-state index contributed by atoms with van der Waals surface area (Å²) in [6.07, 6.45) is 2.65. The summed E-state index contributed by atoms with van der Waals surface area (Å²) in [5, 5.41) is 0. The van der Waals surface area contributed by atoms with Gasteiger partial charge in [-0.15, -0.1) is 0 Å². The fraction of sp³-hybridized carbons (Fsp3) is 0.333. The number of ketones is 2. The second-order valence-corrected chi connectivity index (χ2v) is 13.2. The van der Waals surface area contributed by atoms with Crippen molar-refractivity contribution in [3.63, 3.8) is 0 Å². The monoisotopic (exact) mass is 790 g/mol. The molecule has 5 heteroatoms. The maximum Gasteiger partial charge on any atom is 0.152 e. The molecule has 0 aliphatic carbocycles. The fourth-order valence-electron chi connectivity index (χ4n) is 3.90. The number of hydrogen-bond acceptors (Lipinski definition) is 4. The summed E-state index contributed by atoms with van der Waals surface area (Å²) in [5.41, 5.74) is 6.64. The van der Waals surface area contributed by atoms with Crippen molar-refractivity contribution in [2.24, 2.45) is 9.98 Å².